The molecule has 7 heteroatoms. The lowest BCUT2D eigenvalue weighted by molar-refractivity contribution is 0.0927. The van der Waals surface area contributed by atoms with E-state index in [9.17, 15) is 9.90 Å². The molecule has 0 aliphatic heterocycles. The Morgan fingerprint density at radius 3 is 2.76 bits per heavy atom. The second-order valence-electron chi connectivity index (χ2n) is 5.27. The van der Waals surface area contributed by atoms with Crippen molar-refractivity contribution in [1.82, 2.24) is 10.3 Å². The molecule has 7 nitrogen and oxygen atoms in total. The van der Waals surface area contributed by atoms with Gasteiger partial charge >= 0.3 is 0 Å². The van der Waals surface area contributed by atoms with E-state index in [-0.39, 0.29) is 23.1 Å². The Labute approximate surface area is 122 Å². The van der Waals surface area contributed by atoms with Gasteiger partial charge < -0.3 is 21.4 Å². The summed E-state index contributed by atoms with van der Waals surface area (Å²) in [7, 11) is 0. The number of aromatic nitrogens is 1. The molecule has 1 unspecified atom stereocenters. The molecule has 2 rings (SSSR count). The van der Waals surface area contributed by atoms with Gasteiger partial charge in [0.1, 0.15) is 5.75 Å². The number of carbonyl (C=O) groups is 1. The van der Waals surface area contributed by atoms with Crippen LogP contribution in [0, 0.1) is 5.92 Å². The molecule has 1 aliphatic carbocycles. The van der Waals surface area contributed by atoms with E-state index < -0.39 is 11.9 Å². The minimum atomic E-state index is -0.532. The highest BCUT2D eigenvalue weighted by Gasteiger charge is 2.29. The number of nitrogens with zero attached hydrogens (tertiary/aromatic N) is 2. The van der Waals surface area contributed by atoms with Crippen LogP contribution in [0.3, 0.4) is 0 Å². The summed E-state index contributed by atoms with van der Waals surface area (Å²) in [6.07, 6.45) is 7.76. The standard InChI is InChI=1S/C14H20N4O3/c15-13(18-21)12(9-4-2-1-3-5-9)17-14(20)10-6-7-16-8-11(10)19/h6-9,12,19,21H,1-5H2,(H2,15,18)(H,17,20). The summed E-state index contributed by atoms with van der Waals surface area (Å²) in [4.78, 5) is 16.0. The summed E-state index contributed by atoms with van der Waals surface area (Å²) in [5.41, 5.74) is 5.84. The molecule has 1 atom stereocenters. The summed E-state index contributed by atoms with van der Waals surface area (Å²) in [6.45, 7) is 0. The SMILES string of the molecule is N/C(=N/O)C(NC(=O)c1ccncc1O)C1CCCCC1. The number of aromatic hydroxyl groups is 1. The van der Waals surface area contributed by atoms with Crippen molar-refractivity contribution in [3.8, 4) is 5.75 Å². The number of carbonyl (C=O) groups excluding carboxylic acids is 1. The van der Waals surface area contributed by atoms with E-state index in [1.807, 2.05) is 0 Å². The molecule has 1 aromatic rings. The molecule has 0 radical (unpaired) electrons. The minimum Gasteiger partial charge on any atom is -0.505 e. The predicted octanol–water partition coefficient (Wildman–Crippen LogP) is 1.21. The molecular formula is C14H20N4O3. The van der Waals surface area contributed by atoms with Gasteiger partial charge in [0, 0.05) is 6.20 Å². The molecule has 0 saturated heterocycles. The molecule has 1 amide bonds. The highest BCUT2D eigenvalue weighted by Crippen LogP contribution is 2.27. The first-order chi connectivity index (χ1) is 10.1. The van der Waals surface area contributed by atoms with Crippen LogP contribution in [0.1, 0.15) is 42.5 Å². The van der Waals surface area contributed by atoms with Gasteiger partial charge in [-0.3, -0.25) is 9.78 Å². The molecule has 1 saturated carbocycles. The number of nitrogens with one attached hydrogen (secondary N) is 1. The smallest absolute Gasteiger partial charge is 0.255 e. The van der Waals surface area contributed by atoms with Gasteiger partial charge in [-0.05, 0) is 24.8 Å². The third-order valence-corrected chi connectivity index (χ3v) is 3.89. The lowest BCUT2D eigenvalue weighted by atomic mass is 9.83. The van der Waals surface area contributed by atoms with Crippen LogP contribution < -0.4 is 11.1 Å². The molecule has 0 bridgehead atoms. The van der Waals surface area contributed by atoms with Gasteiger partial charge in [0.05, 0.1) is 17.8 Å². The van der Waals surface area contributed by atoms with E-state index in [4.69, 9.17) is 10.9 Å². The van der Waals surface area contributed by atoms with E-state index in [0.29, 0.717) is 0 Å². The van der Waals surface area contributed by atoms with Gasteiger partial charge in [-0.15, -0.1) is 0 Å². The summed E-state index contributed by atoms with van der Waals surface area (Å²) in [6, 6.07) is 0.893. The zero-order valence-electron chi connectivity index (χ0n) is 11.7. The zero-order chi connectivity index (χ0) is 15.2. The van der Waals surface area contributed by atoms with Gasteiger partial charge in [-0.1, -0.05) is 24.4 Å². The van der Waals surface area contributed by atoms with Crippen molar-refractivity contribution in [2.45, 2.75) is 38.1 Å². The fourth-order valence-corrected chi connectivity index (χ4v) is 2.76. The first-order valence-electron chi connectivity index (χ1n) is 7.04. The van der Waals surface area contributed by atoms with Crippen LogP contribution in [-0.2, 0) is 0 Å². The van der Waals surface area contributed by atoms with E-state index in [1.165, 1.54) is 24.9 Å². The van der Waals surface area contributed by atoms with Crippen molar-refractivity contribution in [2.24, 2.45) is 16.8 Å². The zero-order valence-corrected chi connectivity index (χ0v) is 11.7. The monoisotopic (exact) mass is 292 g/mol. The normalized spacial score (nSPS) is 18.2. The lowest BCUT2D eigenvalue weighted by Gasteiger charge is -2.30. The van der Waals surface area contributed by atoms with Crippen molar-refractivity contribution in [3.05, 3.63) is 24.0 Å². The highest BCUT2D eigenvalue weighted by atomic mass is 16.4. The number of nitrogens with two attached hydrogens (primary N) is 1. The Kier molecular flexibility index (Phi) is 4.97. The maximum absolute atomic E-state index is 12.2. The maximum Gasteiger partial charge on any atom is 0.255 e. The molecule has 0 spiro atoms. The quantitative estimate of drug-likeness (QED) is 0.288. The van der Waals surface area contributed by atoms with Crippen molar-refractivity contribution in [2.75, 3.05) is 0 Å². The maximum atomic E-state index is 12.2. The summed E-state index contributed by atoms with van der Waals surface area (Å²) >= 11 is 0. The Bertz CT molecular complexity index is 527. The second kappa shape index (κ2) is 6.92. The van der Waals surface area contributed by atoms with Gasteiger partial charge in [0.2, 0.25) is 0 Å². The van der Waals surface area contributed by atoms with Crippen molar-refractivity contribution < 1.29 is 15.1 Å². The van der Waals surface area contributed by atoms with E-state index >= 15 is 0 Å². The van der Waals surface area contributed by atoms with Crippen LogP contribution in [0.15, 0.2) is 23.6 Å². The lowest BCUT2D eigenvalue weighted by Crippen LogP contribution is -2.49. The first kappa shape index (κ1) is 15.1. The fraction of sp³-hybridized carbons (Fsp3) is 0.500. The van der Waals surface area contributed by atoms with E-state index in [2.05, 4.69) is 15.5 Å². The van der Waals surface area contributed by atoms with Gasteiger partial charge in [-0.25, -0.2) is 0 Å². The largest absolute Gasteiger partial charge is 0.505 e. The number of hydrogen-bond acceptors (Lipinski definition) is 5. The molecule has 21 heavy (non-hydrogen) atoms. The number of rotatable bonds is 4. The molecule has 1 aliphatic rings. The summed E-state index contributed by atoms with van der Waals surface area (Å²) in [5.74, 6) is -0.527. The number of hydrogen-bond donors (Lipinski definition) is 4. The first-order valence-corrected chi connectivity index (χ1v) is 7.04. The number of amidine groups is 1. The van der Waals surface area contributed by atoms with E-state index in [0.717, 1.165) is 25.7 Å². The summed E-state index contributed by atoms with van der Waals surface area (Å²) in [5, 5.41) is 24.4. The van der Waals surface area contributed by atoms with Crippen LogP contribution in [0.2, 0.25) is 0 Å². The fourth-order valence-electron chi connectivity index (χ4n) is 2.76. The van der Waals surface area contributed by atoms with Gasteiger partial charge in [0.15, 0.2) is 5.84 Å². The van der Waals surface area contributed by atoms with E-state index in [1.54, 1.807) is 0 Å². The molecule has 0 aromatic carbocycles. The number of amides is 1. The van der Waals surface area contributed by atoms with Crippen molar-refractivity contribution >= 4 is 11.7 Å². The van der Waals surface area contributed by atoms with Crippen LogP contribution in [0.5, 0.6) is 5.75 Å². The molecular weight excluding hydrogens is 272 g/mol. The van der Waals surface area contributed by atoms with Crippen molar-refractivity contribution in [1.29, 1.82) is 0 Å². The number of oxime groups is 1. The Balaban J connectivity index is 2.15. The van der Waals surface area contributed by atoms with Crippen LogP contribution in [0.4, 0.5) is 0 Å². The Morgan fingerprint density at radius 2 is 2.14 bits per heavy atom. The highest BCUT2D eigenvalue weighted by molar-refractivity contribution is 6.00. The van der Waals surface area contributed by atoms with Crippen molar-refractivity contribution in [3.63, 3.8) is 0 Å². The minimum absolute atomic E-state index is 0.0104. The Morgan fingerprint density at radius 1 is 1.43 bits per heavy atom. The topological polar surface area (TPSA) is 121 Å². The predicted molar refractivity (Wildman–Crippen MR) is 77.1 cm³/mol. The molecule has 1 fully saturated rings. The third-order valence-electron chi connectivity index (χ3n) is 3.89. The molecule has 1 aromatic heterocycles. The van der Waals surface area contributed by atoms with Gasteiger partial charge in [-0.2, -0.15) is 0 Å². The molecule has 1 heterocycles. The van der Waals surface area contributed by atoms with Crippen LogP contribution in [-0.4, -0.2) is 33.1 Å². The average molecular weight is 292 g/mol. The van der Waals surface area contributed by atoms with Crippen LogP contribution >= 0.6 is 0 Å². The average Bonchev–Trinajstić information content (AvgIpc) is 2.53. The Hall–Kier alpha value is -2.31. The summed E-state index contributed by atoms with van der Waals surface area (Å²) < 4.78 is 0. The molecule has 5 N–H and O–H groups in total. The number of pyridine rings is 1. The van der Waals surface area contributed by atoms with Gasteiger partial charge in [0.25, 0.3) is 5.91 Å². The second-order valence-corrected chi connectivity index (χ2v) is 5.27. The van der Waals surface area contributed by atoms with Crippen LogP contribution in [0.25, 0.3) is 0 Å². The third kappa shape index (κ3) is 3.62. The molecule has 114 valence electrons.